The molecule has 8 nitrogen and oxygen atoms in total. The van der Waals surface area contributed by atoms with Crippen LogP contribution in [0, 0.1) is 6.92 Å². The number of likely N-dealkylation sites (N-methyl/N-ethyl adjacent to an activating group) is 1. The number of hydrogen-bond acceptors (Lipinski definition) is 7. The molecule has 0 saturated carbocycles. The summed E-state index contributed by atoms with van der Waals surface area (Å²) in [5, 5.41) is 10.1. The van der Waals surface area contributed by atoms with E-state index in [1.807, 2.05) is 49.1 Å². The summed E-state index contributed by atoms with van der Waals surface area (Å²) in [6, 6.07) is 16.7. The van der Waals surface area contributed by atoms with Gasteiger partial charge >= 0.3 is 0 Å². The summed E-state index contributed by atoms with van der Waals surface area (Å²) in [6.45, 7) is 5.50. The van der Waals surface area contributed by atoms with Gasteiger partial charge in [-0.05, 0) is 43.3 Å². The molecule has 0 spiro atoms. The Morgan fingerprint density at radius 1 is 1.21 bits per heavy atom. The van der Waals surface area contributed by atoms with Crippen LogP contribution in [0.5, 0.6) is 5.75 Å². The van der Waals surface area contributed by atoms with Crippen molar-refractivity contribution in [2.45, 2.75) is 31.6 Å². The Labute approximate surface area is 199 Å². The minimum absolute atomic E-state index is 0.0493. The van der Waals surface area contributed by atoms with Gasteiger partial charge in [-0.2, -0.15) is 0 Å². The Bertz CT molecular complexity index is 1290. The standard InChI is InChI=1S/C25H29N3O5S/c1-3-28-12-13-34(31,32)25(17-28,15-24(29)27-30)20-8-10-21(11-9-20)33-16-19-14-18(2)26-23-7-5-4-6-22(19)23/h4-11,14,30H,3,12-13,15-17H2,1-2H3,(H,27,29). The summed E-state index contributed by atoms with van der Waals surface area (Å²) in [4.78, 5) is 18.7. The molecule has 1 aliphatic heterocycles. The van der Waals surface area contributed by atoms with Gasteiger partial charge in [-0.3, -0.25) is 15.0 Å². The molecular formula is C25H29N3O5S. The fourth-order valence-electron chi connectivity index (χ4n) is 4.62. The maximum Gasteiger partial charge on any atom is 0.245 e. The molecule has 4 rings (SSSR count). The summed E-state index contributed by atoms with van der Waals surface area (Å²) < 4.78 is 31.1. The molecule has 1 unspecified atom stereocenters. The second-order valence-corrected chi connectivity index (χ2v) is 11.1. The SMILES string of the molecule is CCN1CCS(=O)(=O)C(CC(=O)NO)(c2ccc(OCc3cc(C)nc4ccccc34)cc2)C1. The fourth-order valence-corrected chi connectivity index (χ4v) is 6.74. The van der Waals surface area contributed by atoms with Crippen LogP contribution in [0.15, 0.2) is 54.6 Å². The Hall–Kier alpha value is -3.01. The molecule has 0 bridgehead atoms. The molecule has 1 saturated heterocycles. The first-order valence-electron chi connectivity index (χ1n) is 11.2. The number of amides is 1. The third-order valence-electron chi connectivity index (χ3n) is 6.47. The van der Waals surface area contributed by atoms with E-state index in [4.69, 9.17) is 9.94 Å². The highest BCUT2D eigenvalue weighted by atomic mass is 32.2. The van der Waals surface area contributed by atoms with Gasteiger partial charge in [0.2, 0.25) is 5.91 Å². The van der Waals surface area contributed by atoms with Gasteiger partial charge in [-0.15, -0.1) is 0 Å². The zero-order valence-corrected chi connectivity index (χ0v) is 20.1. The van der Waals surface area contributed by atoms with Gasteiger partial charge in [0.25, 0.3) is 0 Å². The van der Waals surface area contributed by atoms with E-state index in [1.165, 1.54) is 0 Å². The first-order valence-corrected chi connectivity index (χ1v) is 12.9. The van der Waals surface area contributed by atoms with Gasteiger partial charge in [-0.25, -0.2) is 13.9 Å². The molecule has 1 amide bonds. The van der Waals surface area contributed by atoms with Crippen LogP contribution < -0.4 is 10.2 Å². The molecule has 1 fully saturated rings. The van der Waals surface area contributed by atoms with Crippen molar-refractivity contribution in [3.05, 3.63) is 71.4 Å². The summed E-state index contributed by atoms with van der Waals surface area (Å²) in [7, 11) is -3.64. The summed E-state index contributed by atoms with van der Waals surface area (Å²) in [5.74, 6) is -0.196. The predicted molar refractivity (Wildman–Crippen MR) is 129 cm³/mol. The Morgan fingerprint density at radius 3 is 2.65 bits per heavy atom. The lowest BCUT2D eigenvalue weighted by molar-refractivity contribution is -0.130. The second kappa shape index (κ2) is 9.69. The topological polar surface area (TPSA) is 109 Å². The van der Waals surface area contributed by atoms with Gasteiger partial charge in [-0.1, -0.05) is 37.3 Å². The maximum absolute atomic E-state index is 13.2. The Morgan fingerprint density at radius 2 is 1.94 bits per heavy atom. The lowest BCUT2D eigenvalue weighted by Gasteiger charge is -2.42. The maximum atomic E-state index is 13.2. The predicted octanol–water partition coefficient (Wildman–Crippen LogP) is 2.96. The summed E-state index contributed by atoms with van der Waals surface area (Å²) >= 11 is 0. The highest BCUT2D eigenvalue weighted by Crippen LogP contribution is 2.39. The van der Waals surface area contributed by atoms with Crippen LogP contribution in [-0.4, -0.2) is 54.8 Å². The molecule has 1 aliphatic rings. The van der Waals surface area contributed by atoms with Crippen LogP contribution >= 0.6 is 0 Å². The van der Waals surface area contributed by atoms with E-state index in [9.17, 15) is 13.2 Å². The molecule has 2 N–H and O–H groups in total. The molecule has 3 aromatic rings. The lowest BCUT2D eigenvalue weighted by Crippen LogP contribution is -2.55. The normalized spacial score (nSPS) is 20.2. The molecule has 2 aromatic carbocycles. The number of benzene rings is 2. The molecule has 9 heteroatoms. The van der Waals surface area contributed by atoms with Crippen molar-refractivity contribution < 1.29 is 23.2 Å². The van der Waals surface area contributed by atoms with Gasteiger partial charge in [0.15, 0.2) is 9.84 Å². The van der Waals surface area contributed by atoms with Crippen LogP contribution in [0.1, 0.15) is 30.2 Å². The van der Waals surface area contributed by atoms with Crippen molar-refractivity contribution in [1.29, 1.82) is 0 Å². The van der Waals surface area contributed by atoms with Gasteiger partial charge in [0.05, 0.1) is 17.7 Å². The quantitative estimate of drug-likeness (QED) is 0.393. The number of fused-ring (bicyclic) bond motifs is 1. The number of para-hydroxylation sites is 1. The smallest absolute Gasteiger partial charge is 0.245 e. The zero-order valence-electron chi connectivity index (χ0n) is 19.3. The van der Waals surface area contributed by atoms with Crippen molar-refractivity contribution in [2.75, 3.05) is 25.4 Å². The minimum Gasteiger partial charge on any atom is -0.489 e. The third kappa shape index (κ3) is 4.64. The van der Waals surface area contributed by atoms with E-state index in [1.54, 1.807) is 29.7 Å². The van der Waals surface area contributed by atoms with Crippen molar-refractivity contribution in [1.82, 2.24) is 15.4 Å². The summed E-state index contributed by atoms with van der Waals surface area (Å²) in [6.07, 6.45) is -0.356. The van der Waals surface area contributed by atoms with Crippen LogP contribution in [0.25, 0.3) is 10.9 Å². The Kier molecular flexibility index (Phi) is 6.88. The lowest BCUT2D eigenvalue weighted by atomic mass is 9.93. The molecule has 1 atom stereocenters. The van der Waals surface area contributed by atoms with E-state index < -0.39 is 20.5 Å². The number of aromatic nitrogens is 1. The molecule has 0 radical (unpaired) electrons. The first-order chi connectivity index (χ1) is 16.3. The number of hydrogen-bond donors (Lipinski definition) is 2. The molecule has 0 aliphatic carbocycles. The molecule has 180 valence electrons. The number of carbonyl (C=O) groups excluding carboxylic acids is 1. The van der Waals surface area contributed by atoms with Crippen LogP contribution in [0.2, 0.25) is 0 Å². The van der Waals surface area contributed by atoms with E-state index in [-0.39, 0.29) is 18.7 Å². The monoisotopic (exact) mass is 483 g/mol. The van der Waals surface area contributed by atoms with Crippen molar-refractivity contribution in [3.8, 4) is 5.75 Å². The number of nitrogens with one attached hydrogen (secondary N) is 1. The molecule has 1 aromatic heterocycles. The average Bonchev–Trinajstić information content (AvgIpc) is 2.84. The first kappa shape index (κ1) is 24.1. The number of hydroxylamine groups is 1. The van der Waals surface area contributed by atoms with Gasteiger partial charge in [0, 0.05) is 29.7 Å². The highest BCUT2D eigenvalue weighted by molar-refractivity contribution is 7.92. The fraction of sp³-hybridized carbons (Fsp3) is 0.360. The highest BCUT2D eigenvalue weighted by Gasteiger charge is 2.50. The average molecular weight is 484 g/mol. The third-order valence-corrected chi connectivity index (χ3v) is 8.89. The van der Waals surface area contributed by atoms with E-state index in [2.05, 4.69) is 4.98 Å². The van der Waals surface area contributed by atoms with Gasteiger partial charge < -0.3 is 9.64 Å². The Balaban J connectivity index is 1.62. The number of aryl methyl sites for hydroxylation is 1. The van der Waals surface area contributed by atoms with Crippen molar-refractivity contribution in [2.24, 2.45) is 0 Å². The van der Waals surface area contributed by atoms with Crippen molar-refractivity contribution >= 4 is 26.6 Å². The van der Waals surface area contributed by atoms with Crippen LogP contribution in [0.4, 0.5) is 0 Å². The van der Waals surface area contributed by atoms with Gasteiger partial charge in [0.1, 0.15) is 17.1 Å². The number of rotatable bonds is 7. The molecule has 34 heavy (non-hydrogen) atoms. The number of pyridine rings is 1. The molecular weight excluding hydrogens is 454 g/mol. The number of nitrogens with zero attached hydrogens (tertiary/aromatic N) is 2. The van der Waals surface area contributed by atoms with Crippen LogP contribution in [-0.2, 0) is 26.0 Å². The minimum atomic E-state index is -3.64. The summed E-state index contributed by atoms with van der Waals surface area (Å²) in [5.41, 5.74) is 4.92. The van der Waals surface area contributed by atoms with E-state index in [0.29, 0.717) is 31.0 Å². The number of sulfone groups is 1. The van der Waals surface area contributed by atoms with E-state index in [0.717, 1.165) is 22.2 Å². The largest absolute Gasteiger partial charge is 0.489 e. The number of carbonyl (C=O) groups is 1. The van der Waals surface area contributed by atoms with Crippen LogP contribution in [0.3, 0.4) is 0 Å². The molecule has 2 heterocycles. The van der Waals surface area contributed by atoms with Crippen molar-refractivity contribution in [3.63, 3.8) is 0 Å². The zero-order chi connectivity index (χ0) is 24.3. The second-order valence-electron chi connectivity index (χ2n) is 8.65. The number of ether oxygens (including phenoxy) is 1. The van der Waals surface area contributed by atoms with E-state index >= 15 is 0 Å².